The fourth-order valence-corrected chi connectivity index (χ4v) is 4.00. The SMILES string of the molecule is CC1CCN(C(=O)c2ccnc(N3CCN(c4ccccc4F)CC3)c2)CC1. The zero-order chi connectivity index (χ0) is 19.5. The smallest absolute Gasteiger partial charge is 0.254 e. The molecular weight excluding hydrogens is 355 g/mol. The summed E-state index contributed by atoms with van der Waals surface area (Å²) in [6.07, 6.45) is 3.86. The van der Waals surface area contributed by atoms with E-state index in [1.807, 2.05) is 23.1 Å². The van der Waals surface area contributed by atoms with Crippen LogP contribution in [0, 0.1) is 11.7 Å². The van der Waals surface area contributed by atoms with Crippen molar-refractivity contribution in [3.63, 3.8) is 0 Å². The van der Waals surface area contributed by atoms with Crippen LogP contribution in [0.5, 0.6) is 0 Å². The molecular formula is C22H27FN4O. The van der Waals surface area contributed by atoms with Crippen LogP contribution in [-0.2, 0) is 0 Å². The molecule has 4 rings (SSSR count). The molecule has 6 heteroatoms. The molecule has 0 unspecified atom stereocenters. The first-order chi connectivity index (χ1) is 13.6. The number of benzene rings is 1. The fourth-order valence-electron chi connectivity index (χ4n) is 4.00. The Balaban J connectivity index is 1.41. The van der Waals surface area contributed by atoms with Gasteiger partial charge in [-0.2, -0.15) is 0 Å². The number of para-hydroxylation sites is 1. The van der Waals surface area contributed by atoms with Gasteiger partial charge in [-0.1, -0.05) is 19.1 Å². The molecule has 2 saturated heterocycles. The van der Waals surface area contributed by atoms with Gasteiger partial charge in [0.2, 0.25) is 0 Å². The summed E-state index contributed by atoms with van der Waals surface area (Å²) in [6.45, 7) is 6.86. The second-order valence-electron chi connectivity index (χ2n) is 7.80. The lowest BCUT2D eigenvalue weighted by molar-refractivity contribution is 0.0697. The first-order valence-electron chi connectivity index (χ1n) is 10.1. The minimum absolute atomic E-state index is 0.0977. The fraction of sp³-hybridized carbons (Fsp3) is 0.455. The van der Waals surface area contributed by atoms with Gasteiger partial charge in [0.1, 0.15) is 11.6 Å². The van der Waals surface area contributed by atoms with Gasteiger partial charge in [-0.25, -0.2) is 9.37 Å². The average molecular weight is 382 g/mol. The zero-order valence-corrected chi connectivity index (χ0v) is 16.4. The molecule has 148 valence electrons. The largest absolute Gasteiger partial charge is 0.366 e. The van der Waals surface area contributed by atoms with E-state index in [1.165, 1.54) is 6.07 Å². The van der Waals surface area contributed by atoms with E-state index in [-0.39, 0.29) is 11.7 Å². The first-order valence-corrected chi connectivity index (χ1v) is 10.1. The number of piperazine rings is 1. The highest BCUT2D eigenvalue weighted by atomic mass is 19.1. The number of nitrogens with zero attached hydrogens (tertiary/aromatic N) is 4. The van der Waals surface area contributed by atoms with Crippen molar-refractivity contribution in [3.8, 4) is 0 Å². The number of halogens is 1. The Morgan fingerprint density at radius 3 is 2.39 bits per heavy atom. The van der Waals surface area contributed by atoms with E-state index in [9.17, 15) is 9.18 Å². The van der Waals surface area contributed by atoms with Gasteiger partial charge in [-0.05, 0) is 43.0 Å². The first kappa shape index (κ1) is 18.7. The van der Waals surface area contributed by atoms with Gasteiger partial charge in [0.05, 0.1) is 5.69 Å². The maximum atomic E-state index is 14.0. The summed E-state index contributed by atoms with van der Waals surface area (Å²) in [5, 5.41) is 0. The maximum absolute atomic E-state index is 14.0. The molecule has 0 atom stereocenters. The molecule has 0 aliphatic carbocycles. The second-order valence-corrected chi connectivity index (χ2v) is 7.80. The van der Waals surface area contributed by atoms with Gasteiger partial charge < -0.3 is 14.7 Å². The minimum Gasteiger partial charge on any atom is -0.366 e. The van der Waals surface area contributed by atoms with Gasteiger partial charge in [0, 0.05) is 51.0 Å². The number of carbonyl (C=O) groups is 1. The predicted molar refractivity (Wildman–Crippen MR) is 109 cm³/mol. The number of carbonyl (C=O) groups excluding carboxylic acids is 1. The molecule has 0 spiro atoms. The zero-order valence-electron chi connectivity index (χ0n) is 16.4. The highest BCUT2D eigenvalue weighted by molar-refractivity contribution is 5.95. The lowest BCUT2D eigenvalue weighted by Gasteiger charge is -2.37. The van der Waals surface area contributed by atoms with Crippen molar-refractivity contribution in [1.82, 2.24) is 9.88 Å². The third-order valence-electron chi connectivity index (χ3n) is 5.86. The van der Waals surface area contributed by atoms with Crippen molar-refractivity contribution >= 4 is 17.4 Å². The molecule has 2 aromatic rings. The number of pyridine rings is 1. The molecule has 2 aliphatic rings. The van der Waals surface area contributed by atoms with Crippen LogP contribution in [0.1, 0.15) is 30.1 Å². The number of hydrogen-bond donors (Lipinski definition) is 0. The Morgan fingerprint density at radius 1 is 1.00 bits per heavy atom. The van der Waals surface area contributed by atoms with Gasteiger partial charge in [-0.15, -0.1) is 0 Å². The quantitative estimate of drug-likeness (QED) is 0.816. The predicted octanol–water partition coefficient (Wildman–Crippen LogP) is 3.42. The normalized spacial score (nSPS) is 18.4. The molecule has 2 fully saturated rings. The van der Waals surface area contributed by atoms with Crippen LogP contribution < -0.4 is 9.80 Å². The van der Waals surface area contributed by atoms with Crippen LogP contribution >= 0.6 is 0 Å². The second kappa shape index (κ2) is 8.17. The van der Waals surface area contributed by atoms with Crippen LogP contribution in [-0.4, -0.2) is 55.1 Å². The molecule has 0 N–H and O–H groups in total. The van der Waals surface area contributed by atoms with Crippen LogP contribution in [0.3, 0.4) is 0 Å². The van der Waals surface area contributed by atoms with Crippen LogP contribution in [0.2, 0.25) is 0 Å². The average Bonchev–Trinajstić information content (AvgIpc) is 2.74. The highest BCUT2D eigenvalue weighted by Gasteiger charge is 2.24. The van der Waals surface area contributed by atoms with Crippen molar-refractivity contribution in [2.24, 2.45) is 5.92 Å². The lowest BCUT2D eigenvalue weighted by atomic mass is 9.99. The molecule has 1 amide bonds. The Labute approximate surface area is 165 Å². The highest BCUT2D eigenvalue weighted by Crippen LogP contribution is 2.23. The van der Waals surface area contributed by atoms with E-state index >= 15 is 0 Å². The molecule has 3 heterocycles. The molecule has 1 aromatic heterocycles. The monoisotopic (exact) mass is 382 g/mol. The Kier molecular flexibility index (Phi) is 5.46. The molecule has 2 aliphatic heterocycles. The Morgan fingerprint density at radius 2 is 1.68 bits per heavy atom. The van der Waals surface area contributed by atoms with Gasteiger partial charge >= 0.3 is 0 Å². The van der Waals surface area contributed by atoms with E-state index in [1.54, 1.807) is 18.3 Å². The third kappa shape index (κ3) is 3.96. The summed E-state index contributed by atoms with van der Waals surface area (Å²) in [4.78, 5) is 23.5. The van der Waals surface area contributed by atoms with Crippen molar-refractivity contribution in [1.29, 1.82) is 0 Å². The third-order valence-corrected chi connectivity index (χ3v) is 5.86. The number of hydrogen-bond acceptors (Lipinski definition) is 4. The molecule has 28 heavy (non-hydrogen) atoms. The Bertz CT molecular complexity index is 827. The van der Waals surface area contributed by atoms with Crippen molar-refractivity contribution in [2.75, 3.05) is 49.1 Å². The summed E-state index contributed by atoms with van der Waals surface area (Å²) in [5.41, 5.74) is 1.36. The summed E-state index contributed by atoms with van der Waals surface area (Å²) in [7, 11) is 0. The molecule has 0 bridgehead atoms. The van der Waals surface area contributed by atoms with Crippen LogP contribution in [0.4, 0.5) is 15.9 Å². The van der Waals surface area contributed by atoms with E-state index in [2.05, 4.69) is 21.7 Å². The van der Waals surface area contributed by atoms with Crippen molar-refractivity contribution in [3.05, 3.63) is 54.0 Å². The van der Waals surface area contributed by atoms with Gasteiger partial charge in [0.25, 0.3) is 5.91 Å². The lowest BCUT2D eigenvalue weighted by Crippen LogP contribution is -2.47. The number of aromatic nitrogens is 1. The van der Waals surface area contributed by atoms with Gasteiger partial charge in [-0.3, -0.25) is 4.79 Å². The summed E-state index contributed by atoms with van der Waals surface area (Å²) < 4.78 is 14.0. The number of rotatable bonds is 3. The van der Waals surface area contributed by atoms with Gasteiger partial charge in [0.15, 0.2) is 0 Å². The summed E-state index contributed by atoms with van der Waals surface area (Å²) in [6, 6.07) is 10.6. The summed E-state index contributed by atoms with van der Waals surface area (Å²) in [5.74, 6) is 1.44. The van der Waals surface area contributed by atoms with E-state index in [4.69, 9.17) is 0 Å². The molecule has 0 saturated carbocycles. The summed E-state index contributed by atoms with van der Waals surface area (Å²) >= 11 is 0. The maximum Gasteiger partial charge on any atom is 0.254 e. The number of amides is 1. The van der Waals surface area contributed by atoms with E-state index < -0.39 is 0 Å². The van der Waals surface area contributed by atoms with E-state index in [0.29, 0.717) is 17.2 Å². The number of anilines is 2. The van der Waals surface area contributed by atoms with Crippen LogP contribution in [0.15, 0.2) is 42.6 Å². The molecule has 1 aromatic carbocycles. The number of likely N-dealkylation sites (tertiary alicyclic amines) is 1. The topological polar surface area (TPSA) is 39.7 Å². The van der Waals surface area contributed by atoms with Crippen LogP contribution in [0.25, 0.3) is 0 Å². The standard InChI is InChI=1S/C22H27FN4O/c1-17-7-10-27(11-8-17)22(28)18-6-9-24-21(16-18)26-14-12-25(13-15-26)20-5-3-2-4-19(20)23/h2-6,9,16-17H,7-8,10-15H2,1H3. The van der Waals surface area contributed by atoms with E-state index in [0.717, 1.165) is 57.9 Å². The Hall–Kier alpha value is -2.63. The van der Waals surface area contributed by atoms with Crippen molar-refractivity contribution in [2.45, 2.75) is 19.8 Å². The van der Waals surface area contributed by atoms with Crippen molar-refractivity contribution < 1.29 is 9.18 Å². The number of piperidine rings is 1. The molecule has 5 nitrogen and oxygen atoms in total. The minimum atomic E-state index is -0.183. The molecule has 0 radical (unpaired) electrons.